The van der Waals surface area contributed by atoms with Crippen LogP contribution in [0, 0.1) is 0 Å². The van der Waals surface area contributed by atoms with Crippen molar-refractivity contribution in [3.8, 4) is 11.6 Å². The molecule has 0 radical (unpaired) electrons. The maximum atomic E-state index is 12.1. The molecule has 1 aliphatic rings. The fraction of sp³-hybridized carbons (Fsp3) is 0.269. The van der Waals surface area contributed by atoms with Crippen LogP contribution in [0.25, 0.3) is 11.6 Å². The molecule has 35 heavy (non-hydrogen) atoms. The molecule has 0 atom stereocenters. The Morgan fingerprint density at radius 3 is 2.34 bits per heavy atom. The van der Waals surface area contributed by atoms with E-state index in [2.05, 4.69) is 37.4 Å². The fourth-order valence-corrected chi connectivity index (χ4v) is 4.26. The summed E-state index contributed by atoms with van der Waals surface area (Å²) in [5.41, 5.74) is 1.83. The van der Waals surface area contributed by atoms with Crippen molar-refractivity contribution in [2.75, 3.05) is 25.1 Å². The highest BCUT2D eigenvalue weighted by Crippen LogP contribution is 2.37. The highest BCUT2D eigenvalue weighted by atomic mass is 16.5. The van der Waals surface area contributed by atoms with Crippen LogP contribution >= 0.6 is 0 Å². The van der Waals surface area contributed by atoms with Gasteiger partial charge in [0.05, 0.1) is 11.2 Å². The molecule has 9 heteroatoms. The van der Waals surface area contributed by atoms with Crippen LogP contribution in [0.3, 0.4) is 0 Å². The normalized spacial score (nSPS) is 15.1. The van der Waals surface area contributed by atoms with E-state index in [1.807, 2.05) is 30.3 Å². The van der Waals surface area contributed by atoms with Gasteiger partial charge in [-0.1, -0.05) is 53.7 Å². The Morgan fingerprint density at radius 2 is 1.69 bits per heavy atom. The molecule has 178 valence electrons. The zero-order valence-electron chi connectivity index (χ0n) is 19.3. The lowest BCUT2D eigenvalue weighted by molar-refractivity contribution is -0.0347. The molecule has 0 bridgehead atoms. The van der Waals surface area contributed by atoms with Gasteiger partial charge in [0.25, 0.3) is 5.89 Å². The Bertz CT molecular complexity index is 1250. The summed E-state index contributed by atoms with van der Waals surface area (Å²) < 4.78 is 16.5. The first kappa shape index (κ1) is 22.7. The molecule has 4 aromatic rings. The first-order chi connectivity index (χ1) is 17.2. The number of nitrogens with zero attached hydrogens (tertiary/aromatic N) is 5. The number of carbonyl (C=O) groups is 1. The number of benzene rings is 2. The summed E-state index contributed by atoms with van der Waals surface area (Å²) in [6.45, 7) is 1.50. The number of hydrogen-bond donors (Lipinski definition) is 0. The Hall–Kier alpha value is -4.11. The van der Waals surface area contributed by atoms with Crippen LogP contribution in [0.15, 0.2) is 77.3 Å². The highest BCUT2D eigenvalue weighted by Gasteiger charge is 2.36. The zero-order chi connectivity index (χ0) is 24.1. The number of aromatic nitrogens is 4. The van der Waals surface area contributed by atoms with Crippen molar-refractivity contribution in [3.63, 3.8) is 0 Å². The van der Waals surface area contributed by atoms with Gasteiger partial charge in [-0.3, -0.25) is 0 Å². The molecular formula is C26H25N5O4. The minimum atomic E-state index is -0.451. The van der Waals surface area contributed by atoms with Crippen molar-refractivity contribution >= 4 is 11.8 Å². The monoisotopic (exact) mass is 471 g/mol. The molecule has 2 aromatic carbocycles. The standard InChI is InChI=1S/C26H25N5O4/c1-33-26(20-10-6-3-7-11-20)14-16-31(17-15-26)23-13-12-21(28-29-23)24-27-22(30-35-24)18-34-25(32)19-8-4-2-5-9-19/h2-13H,14-18H2,1H3. The van der Waals surface area contributed by atoms with Crippen molar-refractivity contribution in [3.05, 3.63) is 89.7 Å². The van der Waals surface area contributed by atoms with Gasteiger partial charge in [0.15, 0.2) is 18.1 Å². The van der Waals surface area contributed by atoms with Gasteiger partial charge in [-0.2, -0.15) is 4.98 Å². The Kier molecular flexibility index (Phi) is 6.49. The molecule has 0 aliphatic carbocycles. The molecule has 0 amide bonds. The summed E-state index contributed by atoms with van der Waals surface area (Å²) in [7, 11) is 1.78. The third-order valence-corrected chi connectivity index (χ3v) is 6.27. The lowest BCUT2D eigenvalue weighted by Gasteiger charge is -2.41. The van der Waals surface area contributed by atoms with Crippen LogP contribution in [0.2, 0.25) is 0 Å². The average molecular weight is 472 g/mol. The molecule has 5 rings (SSSR count). The number of carbonyl (C=O) groups excluding carboxylic acids is 1. The molecular weight excluding hydrogens is 446 g/mol. The maximum Gasteiger partial charge on any atom is 0.338 e. The number of esters is 1. The topological polar surface area (TPSA) is 103 Å². The number of ether oxygens (including phenoxy) is 2. The molecule has 9 nitrogen and oxygen atoms in total. The number of methoxy groups -OCH3 is 1. The van der Waals surface area contributed by atoms with Crippen molar-refractivity contribution in [2.24, 2.45) is 0 Å². The minimum Gasteiger partial charge on any atom is -0.454 e. The Labute approximate surface area is 202 Å². The van der Waals surface area contributed by atoms with Crippen LogP contribution in [-0.4, -0.2) is 46.5 Å². The third-order valence-electron chi connectivity index (χ3n) is 6.27. The van der Waals surface area contributed by atoms with E-state index in [0.717, 1.165) is 31.7 Å². The predicted molar refractivity (Wildman–Crippen MR) is 127 cm³/mol. The Morgan fingerprint density at radius 1 is 0.971 bits per heavy atom. The third kappa shape index (κ3) is 4.90. The molecule has 1 fully saturated rings. The molecule has 0 N–H and O–H groups in total. The highest BCUT2D eigenvalue weighted by molar-refractivity contribution is 5.89. The van der Waals surface area contributed by atoms with Gasteiger partial charge in [-0.15, -0.1) is 10.2 Å². The first-order valence-corrected chi connectivity index (χ1v) is 11.4. The summed E-state index contributed by atoms with van der Waals surface area (Å²) in [4.78, 5) is 18.5. The average Bonchev–Trinajstić information content (AvgIpc) is 3.42. The minimum absolute atomic E-state index is 0.0980. The van der Waals surface area contributed by atoms with Gasteiger partial charge in [-0.25, -0.2) is 4.79 Å². The lowest BCUT2D eigenvalue weighted by Crippen LogP contribution is -2.44. The SMILES string of the molecule is COC1(c2ccccc2)CCN(c2ccc(-c3nc(COC(=O)c4ccccc4)no3)nn2)CC1. The first-order valence-electron chi connectivity index (χ1n) is 11.4. The molecule has 0 unspecified atom stereocenters. The van der Waals surface area contributed by atoms with Crippen LogP contribution in [0.4, 0.5) is 5.82 Å². The van der Waals surface area contributed by atoms with Crippen LogP contribution in [0.1, 0.15) is 34.6 Å². The summed E-state index contributed by atoms with van der Waals surface area (Å²) in [5, 5.41) is 12.5. The molecule has 0 spiro atoms. The van der Waals surface area contributed by atoms with E-state index in [9.17, 15) is 4.79 Å². The van der Waals surface area contributed by atoms with Gasteiger partial charge >= 0.3 is 5.97 Å². The van der Waals surface area contributed by atoms with Crippen molar-refractivity contribution < 1.29 is 18.8 Å². The summed E-state index contributed by atoms with van der Waals surface area (Å²) in [6, 6.07) is 22.8. The molecule has 0 saturated carbocycles. The Balaban J connectivity index is 1.19. The van der Waals surface area contributed by atoms with E-state index in [1.54, 1.807) is 37.4 Å². The van der Waals surface area contributed by atoms with Crippen LogP contribution in [-0.2, 0) is 21.7 Å². The number of hydrogen-bond acceptors (Lipinski definition) is 9. The second kappa shape index (κ2) is 10.0. The van der Waals surface area contributed by atoms with Gasteiger partial charge < -0.3 is 18.9 Å². The smallest absolute Gasteiger partial charge is 0.338 e. The van der Waals surface area contributed by atoms with Gasteiger partial charge in [0.2, 0.25) is 5.82 Å². The second-order valence-corrected chi connectivity index (χ2v) is 8.29. The van der Waals surface area contributed by atoms with Crippen LogP contribution in [0.5, 0.6) is 0 Å². The van der Waals surface area contributed by atoms with Gasteiger partial charge in [0, 0.05) is 20.2 Å². The molecule has 1 aliphatic heterocycles. The van der Waals surface area contributed by atoms with Crippen molar-refractivity contribution in [1.29, 1.82) is 0 Å². The molecule has 1 saturated heterocycles. The van der Waals surface area contributed by atoms with Gasteiger partial charge in [0.1, 0.15) is 0 Å². The van der Waals surface area contributed by atoms with E-state index in [0.29, 0.717) is 11.3 Å². The zero-order valence-corrected chi connectivity index (χ0v) is 19.3. The fourth-order valence-electron chi connectivity index (χ4n) is 4.26. The maximum absolute atomic E-state index is 12.1. The summed E-state index contributed by atoms with van der Waals surface area (Å²) in [6.07, 6.45) is 1.71. The van der Waals surface area contributed by atoms with E-state index in [4.69, 9.17) is 14.0 Å². The van der Waals surface area contributed by atoms with Crippen molar-refractivity contribution in [1.82, 2.24) is 20.3 Å². The van der Waals surface area contributed by atoms with E-state index in [1.165, 1.54) is 5.56 Å². The van der Waals surface area contributed by atoms with E-state index >= 15 is 0 Å². The van der Waals surface area contributed by atoms with Crippen molar-refractivity contribution in [2.45, 2.75) is 25.0 Å². The summed E-state index contributed by atoms with van der Waals surface area (Å²) >= 11 is 0. The lowest BCUT2D eigenvalue weighted by atomic mass is 9.84. The largest absolute Gasteiger partial charge is 0.454 e. The van der Waals surface area contributed by atoms with Gasteiger partial charge in [-0.05, 0) is 42.7 Å². The second-order valence-electron chi connectivity index (χ2n) is 8.29. The number of anilines is 1. The summed E-state index contributed by atoms with van der Waals surface area (Å²) in [5.74, 6) is 0.800. The quantitative estimate of drug-likeness (QED) is 0.370. The molecule has 2 aromatic heterocycles. The molecule has 3 heterocycles. The van der Waals surface area contributed by atoms with E-state index in [-0.39, 0.29) is 23.9 Å². The number of rotatable bonds is 7. The van der Waals surface area contributed by atoms with E-state index < -0.39 is 5.97 Å². The van der Waals surface area contributed by atoms with Crippen LogP contribution < -0.4 is 4.90 Å². The predicted octanol–water partition coefficient (Wildman–Crippen LogP) is 4.03. The number of piperidine rings is 1.